The van der Waals surface area contributed by atoms with Crippen LogP contribution in [0.15, 0.2) is 0 Å². The maximum absolute atomic E-state index is 13.0. The molecule has 0 aromatic rings. The van der Waals surface area contributed by atoms with Gasteiger partial charge in [0.1, 0.15) is 18.1 Å². The standard InChI is InChI=1S/C21H39N5O5S/c1-13(2)17(19(28)24-15(21(30)31)9-12-32-3)25-18(27)16-8-6-11-26(16)20(29)14(23)7-4-5-10-22/h13-17H,4-12,22-23H2,1-3H3,(H,24,28)(H,25,27)(H,30,31). The van der Waals surface area contributed by atoms with E-state index in [1.165, 1.54) is 16.7 Å². The van der Waals surface area contributed by atoms with Crippen LogP contribution in [0.3, 0.4) is 0 Å². The number of nitrogens with one attached hydrogen (secondary N) is 2. The summed E-state index contributed by atoms with van der Waals surface area (Å²) in [5.41, 5.74) is 11.5. The van der Waals surface area contributed by atoms with Crippen molar-refractivity contribution in [2.24, 2.45) is 17.4 Å². The van der Waals surface area contributed by atoms with E-state index in [-0.39, 0.29) is 18.2 Å². The van der Waals surface area contributed by atoms with Crippen molar-refractivity contribution < 1.29 is 24.3 Å². The number of aliphatic carboxylic acids is 1. The van der Waals surface area contributed by atoms with E-state index in [0.29, 0.717) is 38.1 Å². The number of thioether (sulfide) groups is 1. The number of likely N-dealkylation sites (tertiary alicyclic amines) is 1. The van der Waals surface area contributed by atoms with Crippen molar-refractivity contribution in [3.05, 3.63) is 0 Å². The molecule has 11 heteroatoms. The molecule has 1 heterocycles. The van der Waals surface area contributed by atoms with Crippen LogP contribution >= 0.6 is 11.8 Å². The molecule has 0 saturated carbocycles. The Morgan fingerprint density at radius 3 is 2.41 bits per heavy atom. The van der Waals surface area contributed by atoms with Gasteiger partial charge in [-0.1, -0.05) is 20.3 Å². The van der Waals surface area contributed by atoms with E-state index in [1.807, 2.05) is 6.26 Å². The van der Waals surface area contributed by atoms with Gasteiger partial charge < -0.3 is 32.1 Å². The van der Waals surface area contributed by atoms with Gasteiger partial charge >= 0.3 is 5.97 Å². The maximum Gasteiger partial charge on any atom is 0.326 e. The molecule has 0 aromatic heterocycles. The van der Waals surface area contributed by atoms with Gasteiger partial charge in [-0.15, -0.1) is 0 Å². The summed E-state index contributed by atoms with van der Waals surface area (Å²) in [5, 5.41) is 14.6. The highest BCUT2D eigenvalue weighted by atomic mass is 32.2. The molecule has 4 unspecified atom stereocenters. The first kappa shape index (κ1) is 28.2. The van der Waals surface area contributed by atoms with Gasteiger partial charge in [0, 0.05) is 6.54 Å². The summed E-state index contributed by atoms with van der Waals surface area (Å²) >= 11 is 1.49. The molecule has 1 saturated heterocycles. The number of carboxylic acids is 1. The summed E-state index contributed by atoms with van der Waals surface area (Å²) < 4.78 is 0. The number of nitrogens with two attached hydrogens (primary N) is 2. The van der Waals surface area contributed by atoms with Crippen LogP contribution in [-0.2, 0) is 19.2 Å². The number of hydrogen-bond donors (Lipinski definition) is 5. The van der Waals surface area contributed by atoms with Crippen molar-refractivity contribution in [2.45, 2.75) is 76.5 Å². The minimum absolute atomic E-state index is 0.266. The van der Waals surface area contributed by atoms with Crippen molar-refractivity contribution in [1.29, 1.82) is 0 Å². The topological polar surface area (TPSA) is 168 Å². The molecule has 184 valence electrons. The third-order valence-electron chi connectivity index (χ3n) is 5.60. The molecule has 0 spiro atoms. The van der Waals surface area contributed by atoms with E-state index in [9.17, 15) is 24.3 Å². The Labute approximate surface area is 194 Å². The van der Waals surface area contributed by atoms with Crippen molar-refractivity contribution in [3.8, 4) is 0 Å². The Kier molecular flexibility index (Phi) is 12.6. The molecule has 0 aliphatic carbocycles. The number of unbranched alkanes of at least 4 members (excludes halogenated alkanes) is 1. The summed E-state index contributed by atoms with van der Waals surface area (Å²) in [4.78, 5) is 51.5. The Morgan fingerprint density at radius 1 is 1.16 bits per heavy atom. The van der Waals surface area contributed by atoms with Crippen LogP contribution < -0.4 is 22.1 Å². The van der Waals surface area contributed by atoms with Crippen LogP contribution in [-0.4, -0.2) is 83.0 Å². The highest BCUT2D eigenvalue weighted by molar-refractivity contribution is 7.98. The van der Waals surface area contributed by atoms with E-state index >= 15 is 0 Å². The SMILES string of the molecule is CSCCC(NC(=O)C(NC(=O)C1CCCN1C(=O)C(N)CCCCN)C(C)C)C(=O)O. The van der Waals surface area contributed by atoms with Gasteiger partial charge in [0.15, 0.2) is 0 Å². The number of rotatable bonds is 14. The number of amides is 3. The minimum Gasteiger partial charge on any atom is -0.480 e. The third-order valence-corrected chi connectivity index (χ3v) is 6.24. The molecular formula is C21H39N5O5S. The van der Waals surface area contributed by atoms with E-state index in [1.54, 1.807) is 13.8 Å². The van der Waals surface area contributed by atoms with Crippen molar-refractivity contribution in [3.63, 3.8) is 0 Å². The summed E-state index contributed by atoms with van der Waals surface area (Å²) in [7, 11) is 0. The van der Waals surface area contributed by atoms with Gasteiger partial charge in [0.2, 0.25) is 17.7 Å². The molecule has 1 rings (SSSR count). The zero-order chi connectivity index (χ0) is 24.3. The molecule has 4 atom stereocenters. The van der Waals surface area contributed by atoms with E-state index in [4.69, 9.17) is 11.5 Å². The molecule has 0 radical (unpaired) electrons. The van der Waals surface area contributed by atoms with E-state index < -0.39 is 42.0 Å². The lowest BCUT2D eigenvalue weighted by atomic mass is 10.0. The number of carbonyl (C=O) groups excluding carboxylic acids is 3. The number of carboxylic acid groups (broad SMARTS) is 1. The quantitative estimate of drug-likeness (QED) is 0.218. The molecule has 1 fully saturated rings. The highest BCUT2D eigenvalue weighted by Gasteiger charge is 2.38. The second-order valence-corrected chi connectivity index (χ2v) is 9.48. The summed E-state index contributed by atoms with van der Waals surface area (Å²) in [6.45, 7) is 4.52. The molecule has 7 N–H and O–H groups in total. The molecule has 0 bridgehead atoms. The maximum atomic E-state index is 13.0. The Bertz CT molecular complexity index is 648. The monoisotopic (exact) mass is 473 g/mol. The summed E-state index contributed by atoms with van der Waals surface area (Å²) in [5.74, 6) is -2.03. The molecule has 1 aliphatic heterocycles. The smallest absolute Gasteiger partial charge is 0.326 e. The van der Waals surface area contributed by atoms with E-state index in [2.05, 4.69) is 10.6 Å². The number of carbonyl (C=O) groups is 4. The van der Waals surface area contributed by atoms with Gasteiger partial charge in [0.25, 0.3) is 0 Å². The second kappa shape index (κ2) is 14.3. The van der Waals surface area contributed by atoms with Gasteiger partial charge in [-0.25, -0.2) is 4.79 Å². The van der Waals surface area contributed by atoms with Gasteiger partial charge in [-0.2, -0.15) is 11.8 Å². The van der Waals surface area contributed by atoms with Gasteiger partial charge in [-0.05, 0) is 56.6 Å². The van der Waals surface area contributed by atoms with Gasteiger partial charge in [0.05, 0.1) is 6.04 Å². The van der Waals surface area contributed by atoms with Crippen LogP contribution in [0, 0.1) is 5.92 Å². The van der Waals surface area contributed by atoms with Crippen LogP contribution in [0.1, 0.15) is 52.4 Å². The van der Waals surface area contributed by atoms with Crippen molar-refractivity contribution in [2.75, 3.05) is 25.1 Å². The summed E-state index contributed by atoms with van der Waals surface area (Å²) in [6, 6.07) is -3.31. The predicted molar refractivity (Wildman–Crippen MR) is 125 cm³/mol. The van der Waals surface area contributed by atoms with Crippen LogP contribution in [0.4, 0.5) is 0 Å². The highest BCUT2D eigenvalue weighted by Crippen LogP contribution is 2.20. The Morgan fingerprint density at radius 2 is 1.84 bits per heavy atom. The molecule has 3 amide bonds. The first-order valence-electron chi connectivity index (χ1n) is 11.2. The number of hydrogen-bond acceptors (Lipinski definition) is 7. The Balaban J connectivity index is 2.80. The second-order valence-electron chi connectivity index (χ2n) is 8.49. The average molecular weight is 474 g/mol. The molecular weight excluding hydrogens is 434 g/mol. The predicted octanol–water partition coefficient (Wildman–Crippen LogP) is -0.103. The Hall–Kier alpha value is -1.85. The first-order chi connectivity index (χ1) is 15.1. The van der Waals surface area contributed by atoms with Crippen LogP contribution in [0.25, 0.3) is 0 Å². The largest absolute Gasteiger partial charge is 0.480 e. The lowest BCUT2D eigenvalue weighted by molar-refractivity contribution is -0.143. The van der Waals surface area contributed by atoms with Gasteiger partial charge in [-0.3, -0.25) is 14.4 Å². The lowest BCUT2D eigenvalue weighted by Gasteiger charge is -2.29. The normalized spacial score (nSPS) is 18.8. The fraction of sp³-hybridized carbons (Fsp3) is 0.810. The number of nitrogens with zero attached hydrogens (tertiary/aromatic N) is 1. The van der Waals surface area contributed by atoms with Crippen molar-refractivity contribution in [1.82, 2.24) is 15.5 Å². The van der Waals surface area contributed by atoms with E-state index in [0.717, 1.165) is 12.8 Å². The van der Waals surface area contributed by atoms with Crippen molar-refractivity contribution >= 4 is 35.5 Å². The third kappa shape index (κ3) is 8.59. The minimum atomic E-state index is -1.11. The molecule has 32 heavy (non-hydrogen) atoms. The van der Waals surface area contributed by atoms with Crippen LogP contribution in [0.5, 0.6) is 0 Å². The first-order valence-corrected chi connectivity index (χ1v) is 12.6. The zero-order valence-electron chi connectivity index (χ0n) is 19.3. The fourth-order valence-corrected chi connectivity index (χ4v) is 4.16. The zero-order valence-corrected chi connectivity index (χ0v) is 20.2. The lowest BCUT2D eigenvalue weighted by Crippen LogP contribution is -2.58. The average Bonchev–Trinajstić information content (AvgIpc) is 3.23. The molecule has 1 aliphatic rings. The molecule has 10 nitrogen and oxygen atoms in total. The summed E-state index contributed by atoms with van der Waals surface area (Å²) in [6.07, 6.45) is 5.34. The van der Waals surface area contributed by atoms with Crippen LogP contribution in [0.2, 0.25) is 0 Å². The fourth-order valence-electron chi connectivity index (χ4n) is 3.69. The molecule has 0 aromatic carbocycles.